The number of carbonyl (C=O) groups excluding carboxylic acids is 3. The average molecular weight is 661 g/mol. The zero-order valence-corrected chi connectivity index (χ0v) is 27.9. The third-order valence-corrected chi connectivity index (χ3v) is 12.6. The van der Waals surface area contributed by atoms with Crippen molar-refractivity contribution < 1.29 is 19.5 Å². The monoisotopic (exact) mass is 659 g/mol. The van der Waals surface area contributed by atoms with E-state index in [9.17, 15) is 19.5 Å². The van der Waals surface area contributed by atoms with Gasteiger partial charge in [0.1, 0.15) is 6.04 Å². The molecule has 42 heavy (non-hydrogen) atoms. The molecule has 1 aromatic rings. The number of fused-ring (bicyclic) bond motifs is 1. The summed E-state index contributed by atoms with van der Waals surface area (Å²) >= 11 is 5.51. The first-order valence-electron chi connectivity index (χ1n) is 15.0. The highest BCUT2D eigenvalue weighted by atomic mass is 79.9. The second kappa shape index (κ2) is 12.9. The minimum absolute atomic E-state index is 0.0292. The Hall–Kier alpha value is -2.10. The topological polar surface area (TPSA) is 81.2 Å². The number of amides is 3. The van der Waals surface area contributed by atoms with E-state index in [0.29, 0.717) is 26.1 Å². The molecule has 3 amide bonds. The third-order valence-electron chi connectivity index (χ3n) is 9.36. The maximum Gasteiger partial charge on any atom is 0.247 e. The van der Waals surface area contributed by atoms with Crippen LogP contribution in [0.4, 0.5) is 0 Å². The van der Waals surface area contributed by atoms with Crippen molar-refractivity contribution in [3.63, 3.8) is 0 Å². The molecule has 8 atom stereocenters. The largest absolute Gasteiger partial charge is 0.394 e. The molecule has 4 rings (SSSR count). The van der Waals surface area contributed by atoms with Gasteiger partial charge in [-0.2, -0.15) is 0 Å². The quantitative estimate of drug-likeness (QED) is 0.255. The molecule has 1 N–H and O–H groups in total. The molecule has 9 heteroatoms. The van der Waals surface area contributed by atoms with Crippen LogP contribution >= 0.6 is 27.7 Å². The Morgan fingerprint density at radius 3 is 2.38 bits per heavy atom. The second-order valence-electron chi connectivity index (χ2n) is 12.9. The molecule has 3 fully saturated rings. The summed E-state index contributed by atoms with van der Waals surface area (Å²) in [4.78, 5) is 49.1. The number of rotatable bonds is 12. The van der Waals surface area contributed by atoms with Gasteiger partial charge in [0.15, 0.2) is 0 Å². The van der Waals surface area contributed by atoms with Gasteiger partial charge in [-0.15, -0.1) is 24.9 Å². The molecule has 3 aliphatic heterocycles. The number of benzene rings is 1. The SMILES string of the molecule is C=CCN(Cc1ccccc1)C(=O)[C@H]1[C@@H]2SC3(CC2Br)C(C(=O)N(CC=C)C(C)(C)C)N([C@@H](CO)[C@@H](C)CC)C(=O)[C@H]13. The molecule has 3 heterocycles. The van der Waals surface area contributed by atoms with E-state index in [1.165, 1.54) is 0 Å². The van der Waals surface area contributed by atoms with Crippen LogP contribution < -0.4 is 0 Å². The average Bonchev–Trinajstić information content (AvgIpc) is 3.54. The molecule has 3 unspecified atom stereocenters. The number of alkyl halides is 1. The highest BCUT2D eigenvalue weighted by molar-refractivity contribution is 9.09. The number of hydrogen-bond donors (Lipinski definition) is 1. The molecule has 230 valence electrons. The summed E-state index contributed by atoms with van der Waals surface area (Å²) in [6.07, 6.45) is 4.78. The molecule has 0 saturated carbocycles. The molecular formula is C33H46BrN3O4S. The van der Waals surface area contributed by atoms with Crippen molar-refractivity contribution in [3.05, 3.63) is 61.2 Å². The number of thioether (sulfide) groups is 1. The molecule has 1 spiro atoms. The first-order chi connectivity index (χ1) is 19.9. The van der Waals surface area contributed by atoms with Crippen LogP contribution in [-0.4, -0.2) is 89.7 Å². The van der Waals surface area contributed by atoms with Gasteiger partial charge in [0.2, 0.25) is 17.7 Å². The van der Waals surface area contributed by atoms with Gasteiger partial charge < -0.3 is 19.8 Å². The lowest BCUT2D eigenvalue weighted by Gasteiger charge is -2.44. The van der Waals surface area contributed by atoms with Crippen molar-refractivity contribution in [2.75, 3.05) is 19.7 Å². The van der Waals surface area contributed by atoms with Crippen molar-refractivity contribution in [3.8, 4) is 0 Å². The molecule has 2 bridgehead atoms. The van der Waals surface area contributed by atoms with Crippen LogP contribution in [0.15, 0.2) is 55.6 Å². The third kappa shape index (κ3) is 5.61. The Morgan fingerprint density at radius 2 is 1.83 bits per heavy atom. The minimum atomic E-state index is -0.796. The van der Waals surface area contributed by atoms with Gasteiger partial charge in [-0.1, -0.05) is 78.7 Å². The number of hydrogen-bond acceptors (Lipinski definition) is 5. The molecule has 0 radical (unpaired) electrons. The zero-order valence-electron chi connectivity index (χ0n) is 25.5. The molecule has 0 aliphatic carbocycles. The predicted molar refractivity (Wildman–Crippen MR) is 173 cm³/mol. The smallest absolute Gasteiger partial charge is 0.247 e. The molecular weight excluding hydrogens is 614 g/mol. The van der Waals surface area contributed by atoms with Gasteiger partial charge in [-0.3, -0.25) is 14.4 Å². The van der Waals surface area contributed by atoms with Gasteiger partial charge in [0, 0.05) is 35.3 Å². The molecule has 7 nitrogen and oxygen atoms in total. The van der Waals surface area contributed by atoms with Crippen LogP contribution in [-0.2, 0) is 20.9 Å². The van der Waals surface area contributed by atoms with Crippen molar-refractivity contribution >= 4 is 45.4 Å². The van der Waals surface area contributed by atoms with Crippen LogP contribution in [0.1, 0.15) is 53.0 Å². The summed E-state index contributed by atoms with van der Waals surface area (Å²) in [5, 5.41) is 10.5. The Balaban J connectivity index is 1.83. The van der Waals surface area contributed by atoms with Crippen LogP contribution in [0.25, 0.3) is 0 Å². The van der Waals surface area contributed by atoms with Crippen LogP contribution in [0, 0.1) is 17.8 Å². The Morgan fingerprint density at radius 1 is 1.19 bits per heavy atom. The predicted octanol–water partition coefficient (Wildman–Crippen LogP) is 4.89. The summed E-state index contributed by atoms with van der Waals surface area (Å²) in [5.74, 6) is -1.70. The fourth-order valence-corrected chi connectivity index (χ4v) is 10.8. The maximum atomic E-state index is 14.7. The number of aliphatic hydroxyl groups is 1. The Labute approximate surface area is 263 Å². The highest BCUT2D eigenvalue weighted by Crippen LogP contribution is 2.68. The van der Waals surface area contributed by atoms with Gasteiger partial charge >= 0.3 is 0 Å². The second-order valence-corrected chi connectivity index (χ2v) is 15.7. The van der Waals surface area contributed by atoms with E-state index in [1.54, 1.807) is 38.6 Å². The van der Waals surface area contributed by atoms with Gasteiger partial charge in [-0.25, -0.2) is 0 Å². The van der Waals surface area contributed by atoms with Crippen LogP contribution in [0.2, 0.25) is 0 Å². The zero-order chi connectivity index (χ0) is 31.0. The molecule has 3 saturated heterocycles. The lowest BCUT2D eigenvalue weighted by atomic mass is 9.70. The number of aliphatic hydroxyl groups excluding tert-OH is 1. The van der Waals surface area contributed by atoms with E-state index >= 15 is 0 Å². The number of nitrogens with zero attached hydrogens (tertiary/aromatic N) is 3. The van der Waals surface area contributed by atoms with Crippen molar-refractivity contribution in [2.24, 2.45) is 17.8 Å². The summed E-state index contributed by atoms with van der Waals surface area (Å²) in [5.41, 5.74) is 0.490. The number of halogens is 1. The summed E-state index contributed by atoms with van der Waals surface area (Å²) in [6, 6.07) is 8.50. The molecule has 1 aromatic carbocycles. The Kier molecular flexibility index (Phi) is 10.0. The number of carbonyl (C=O) groups is 3. The summed E-state index contributed by atoms with van der Waals surface area (Å²) < 4.78 is -0.786. The van der Waals surface area contributed by atoms with Crippen molar-refractivity contribution in [1.29, 1.82) is 0 Å². The standard InChI is InChI=1S/C33H46BrN3O4S/c1-8-16-35(19-22-14-12-11-13-15-22)29(39)25-26-30(40)37(24(20-38)21(4)10-3)28(33(26)18-23(34)27(25)42-33)31(41)36(17-9-2)32(5,6)7/h8-9,11-15,21,23-28,38H,1-2,10,16-20H2,3-7H3/t21-,23?,24-,25+,26-,27+,28?,33?/m0/s1. The van der Waals surface area contributed by atoms with Gasteiger partial charge in [0.05, 0.1) is 29.2 Å². The summed E-state index contributed by atoms with van der Waals surface area (Å²) in [6.45, 7) is 18.7. The van der Waals surface area contributed by atoms with E-state index in [2.05, 4.69) is 29.1 Å². The van der Waals surface area contributed by atoms with E-state index < -0.39 is 34.2 Å². The molecule has 3 aliphatic rings. The highest BCUT2D eigenvalue weighted by Gasteiger charge is 2.76. The van der Waals surface area contributed by atoms with E-state index in [-0.39, 0.29) is 40.3 Å². The lowest BCUT2D eigenvalue weighted by molar-refractivity contribution is -0.150. The normalized spacial score (nSPS) is 29.6. The summed E-state index contributed by atoms with van der Waals surface area (Å²) in [7, 11) is 0. The van der Waals surface area contributed by atoms with Crippen molar-refractivity contribution in [2.45, 2.75) is 86.5 Å². The van der Waals surface area contributed by atoms with E-state index in [4.69, 9.17) is 0 Å². The first kappa shape index (κ1) is 32.8. The van der Waals surface area contributed by atoms with Crippen molar-refractivity contribution in [1.82, 2.24) is 14.7 Å². The van der Waals surface area contributed by atoms with Gasteiger partial charge in [-0.05, 0) is 38.7 Å². The maximum absolute atomic E-state index is 14.7. The molecule has 0 aromatic heterocycles. The number of likely N-dealkylation sites (tertiary alicyclic amines) is 1. The van der Waals surface area contributed by atoms with Crippen LogP contribution in [0.5, 0.6) is 0 Å². The first-order valence-corrected chi connectivity index (χ1v) is 16.8. The fraction of sp³-hybridized carbons (Fsp3) is 0.606. The Bertz CT molecular complexity index is 1190. The minimum Gasteiger partial charge on any atom is -0.394 e. The van der Waals surface area contributed by atoms with E-state index in [0.717, 1.165) is 12.0 Å². The lowest BCUT2D eigenvalue weighted by Crippen LogP contribution is -2.61. The van der Waals surface area contributed by atoms with Gasteiger partial charge in [0.25, 0.3) is 0 Å². The van der Waals surface area contributed by atoms with Crippen LogP contribution in [0.3, 0.4) is 0 Å². The fourth-order valence-electron chi connectivity index (χ4n) is 7.17. The van der Waals surface area contributed by atoms with E-state index in [1.807, 2.05) is 65.0 Å².